The van der Waals surface area contributed by atoms with Crippen LogP contribution in [0.4, 0.5) is 10.1 Å². The van der Waals surface area contributed by atoms with Gasteiger partial charge in [-0.1, -0.05) is 30.3 Å². The Morgan fingerprint density at radius 2 is 1.82 bits per heavy atom. The Balaban J connectivity index is 1.94. The Hall–Kier alpha value is -3.92. The highest BCUT2D eigenvalue weighted by atomic mass is 32.2. The molecule has 2 aromatic heterocycles. The van der Waals surface area contributed by atoms with Gasteiger partial charge >= 0.3 is 5.97 Å². The Kier molecular flexibility index (Phi) is 5.77. The predicted molar refractivity (Wildman–Crippen MR) is 122 cm³/mol. The van der Waals surface area contributed by atoms with Crippen molar-refractivity contribution < 1.29 is 27.4 Å². The Labute approximate surface area is 189 Å². The van der Waals surface area contributed by atoms with Gasteiger partial charge in [0.25, 0.3) is 0 Å². The number of carbonyl (C=O) groups is 1. The molecule has 2 aromatic carbocycles. The summed E-state index contributed by atoms with van der Waals surface area (Å²) in [6, 6.07) is 15.7. The molecule has 33 heavy (non-hydrogen) atoms. The fourth-order valence-electron chi connectivity index (χ4n) is 3.56. The number of anilines is 1. The summed E-state index contributed by atoms with van der Waals surface area (Å²) in [5.74, 6) is -1.53. The van der Waals surface area contributed by atoms with E-state index in [0.29, 0.717) is 5.56 Å². The summed E-state index contributed by atoms with van der Waals surface area (Å²) in [6.07, 6.45) is 2.49. The molecule has 0 saturated heterocycles. The number of aromatic carboxylic acids is 1. The molecule has 0 fully saturated rings. The maximum absolute atomic E-state index is 13.4. The fourth-order valence-corrected chi connectivity index (χ4v) is 4.44. The van der Waals surface area contributed by atoms with E-state index in [4.69, 9.17) is 4.74 Å². The molecule has 170 valence electrons. The maximum Gasteiger partial charge on any atom is 0.340 e. The van der Waals surface area contributed by atoms with Crippen LogP contribution in [0, 0.1) is 5.82 Å². The number of sulfonamides is 1. The van der Waals surface area contributed by atoms with E-state index >= 15 is 0 Å². The van der Waals surface area contributed by atoms with E-state index in [-0.39, 0.29) is 34.8 Å². The Morgan fingerprint density at radius 3 is 2.39 bits per heavy atom. The van der Waals surface area contributed by atoms with Crippen molar-refractivity contribution in [1.82, 2.24) is 9.61 Å². The molecule has 4 rings (SSSR count). The average Bonchev–Trinajstić information content (AvgIpc) is 3.15. The lowest BCUT2D eigenvalue weighted by Gasteiger charge is -2.24. The third-order valence-electron chi connectivity index (χ3n) is 5.10. The molecular weight excluding hydrogens is 449 g/mol. The van der Waals surface area contributed by atoms with Crippen LogP contribution in [-0.4, -0.2) is 42.5 Å². The number of pyridine rings is 1. The fraction of sp³-hybridized carbons (Fsp3) is 0.130. The van der Waals surface area contributed by atoms with Crippen LogP contribution >= 0.6 is 0 Å². The first-order valence-electron chi connectivity index (χ1n) is 9.80. The maximum atomic E-state index is 13.4. The van der Waals surface area contributed by atoms with Gasteiger partial charge in [-0.05, 0) is 29.8 Å². The van der Waals surface area contributed by atoms with E-state index in [1.807, 2.05) is 6.07 Å². The predicted octanol–water partition coefficient (Wildman–Crippen LogP) is 3.81. The van der Waals surface area contributed by atoms with E-state index in [1.54, 1.807) is 24.3 Å². The molecule has 0 amide bonds. The van der Waals surface area contributed by atoms with Crippen LogP contribution in [0.25, 0.3) is 16.8 Å². The third-order valence-corrected chi connectivity index (χ3v) is 6.23. The molecule has 0 aliphatic carbocycles. The number of hydrogen-bond donors (Lipinski definition) is 1. The number of benzene rings is 2. The zero-order valence-electron chi connectivity index (χ0n) is 17.8. The molecule has 4 aromatic rings. The average molecular weight is 469 g/mol. The zero-order chi connectivity index (χ0) is 23.8. The summed E-state index contributed by atoms with van der Waals surface area (Å²) in [7, 11) is -2.37. The standard InChI is InChI=1S/C23H20FN3O5S/c1-32-20-12-18-21(23(28)29)22(16-8-10-17(24)11-9-16)25-26(18)14-19(20)27(33(2,30)31)13-15-6-4-3-5-7-15/h3-12,14H,13H2,1-2H3,(H,28,29). The summed E-state index contributed by atoms with van der Waals surface area (Å²) in [6.45, 7) is 0.0411. The lowest BCUT2D eigenvalue weighted by molar-refractivity contribution is 0.0700. The third kappa shape index (κ3) is 4.37. The summed E-state index contributed by atoms with van der Waals surface area (Å²) in [5.41, 5.74) is 1.57. The van der Waals surface area contributed by atoms with Crippen molar-refractivity contribution >= 4 is 27.2 Å². The van der Waals surface area contributed by atoms with Crippen molar-refractivity contribution in [1.29, 1.82) is 0 Å². The van der Waals surface area contributed by atoms with Crippen molar-refractivity contribution in [2.75, 3.05) is 17.7 Å². The molecule has 1 N–H and O–H groups in total. The number of methoxy groups -OCH3 is 1. The second-order valence-corrected chi connectivity index (χ2v) is 9.25. The number of halogens is 1. The van der Waals surface area contributed by atoms with E-state index in [9.17, 15) is 22.7 Å². The van der Waals surface area contributed by atoms with Crippen LogP contribution < -0.4 is 9.04 Å². The highest BCUT2D eigenvalue weighted by molar-refractivity contribution is 7.92. The van der Waals surface area contributed by atoms with Crippen molar-refractivity contribution in [3.05, 3.63) is 83.8 Å². The first kappa shape index (κ1) is 22.3. The highest BCUT2D eigenvalue weighted by Crippen LogP contribution is 2.36. The van der Waals surface area contributed by atoms with Gasteiger partial charge in [-0.25, -0.2) is 22.1 Å². The van der Waals surface area contributed by atoms with Crippen molar-refractivity contribution in [2.45, 2.75) is 6.54 Å². The Morgan fingerprint density at radius 1 is 1.15 bits per heavy atom. The zero-order valence-corrected chi connectivity index (χ0v) is 18.6. The highest BCUT2D eigenvalue weighted by Gasteiger charge is 2.26. The molecule has 0 atom stereocenters. The number of aromatic nitrogens is 2. The minimum atomic E-state index is -3.74. The minimum absolute atomic E-state index is 0.0411. The van der Waals surface area contributed by atoms with Crippen LogP contribution in [0.5, 0.6) is 5.75 Å². The SMILES string of the molecule is COc1cc2c(C(=O)O)c(-c3ccc(F)cc3)nn2cc1N(Cc1ccccc1)S(C)(=O)=O. The molecule has 0 unspecified atom stereocenters. The van der Waals surface area contributed by atoms with Gasteiger partial charge in [-0.2, -0.15) is 5.10 Å². The number of hydrogen-bond acceptors (Lipinski definition) is 5. The summed E-state index contributed by atoms with van der Waals surface area (Å²) in [4.78, 5) is 12.1. The molecule has 8 nitrogen and oxygen atoms in total. The number of fused-ring (bicyclic) bond motifs is 1. The topological polar surface area (TPSA) is 101 Å². The van der Waals surface area contributed by atoms with E-state index < -0.39 is 21.8 Å². The largest absolute Gasteiger partial charge is 0.494 e. The summed E-state index contributed by atoms with van der Waals surface area (Å²) >= 11 is 0. The first-order valence-corrected chi connectivity index (χ1v) is 11.6. The van der Waals surface area contributed by atoms with Gasteiger partial charge in [0.15, 0.2) is 0 Å². The van der Waals surface area contributed by atoms with Gasteiger partial charge < -0.3 is 9.84 Å². The van der Waals surface area contributed by atoms with Crippen LogP contribution in [0.1, 0.15) is 15.9 Å². The molecular formula is C23H20FN3O5S. The van der Waals surface area contributed by atoms with E-state index in [2.05, 4.69) is 5.10 Å². The van der Waals surface area contributed by atoms with Crippen LogP contribution in [0.15, 0.2) is 66.9 Å². The first-order chi connectivity index (χ1) is 15.7. The number of ether oxygens (including phenoxy) is 1. The van der Waals surface area contributed by atoms with Crippen LogP contribution in [0.3, 0.4) is 0 Å². The molecule has 0 bridgehead atoms. The molecule has 0 spiro atoms. The molecule has 10 heteroatoms. The molecule has 0 radical (unpaired) electrons. The summed E-state index contributed by atoms with van der Waals surface area (Å²) in [5, 5.41) is 14.2. The van der Waals surface area contributed by atoms with Gasteiger partial charge in [0.1, 0.15) is 28.5 Å². The van der Waals surface area contributed by atoms with Crippen molar-refractivity contribution in [2.24, 2.45) is 0 Å². The minimum Gasteiger partial charge on any atom is -0.494 e. The van der Waals surface area contributed by atoms with Crippen molar-refractivity contribution in [3.8, 4) is 17.0 Å². The quantitative estimate of drug-likeness (QED) is 0.442. The van der Waals surface area contributed by atoms with Gasteiger partial charge in [0.2, 0.25) is 10.0 Å². The van der Waals surface area contributed by atoms with Gasteiger partial charge in [0, 0.05) is 11.6 Å². The second-order valence-electron chi connectivity index (χ2n) is 7.35. The number of carboxylic acids is 1. The molecule has 0 aliphatic rings. The van der Waals surface area contributed by atoms with Gasteiger partial charge in [0.05, 0.1) is 31.6 Å². The van der Waals surface area contributed by atoms with Crippen molar-refractivity contribution in [3.63, 3.8) is 0 Å². The molecule has 0 saturated carbocycles. The van der Waals surface area contributed by atoms with E-state index in [1.165, 1.54) is 52.5 Å². The normalized spacial score (nSPS) is 11.5. The monoisotopic (exact) mass is 469 g/mol. The lowest BCUT2D eigenvalue weighted by atomic mass is 10.1. The molecule has 2 heterocycles. The Bertz CT molecular complexity index is 1430. The molecule has 0 aliphatic heterocycles. The smallest absolute Gasteiger partial charge is 0.340 e. The number of rotatable bonds is 7. The van der Waals surface area contributed by atoms with E-state index in [0.717, 1.165) is 11.8 Å². The van der Waals surface area contributed by atoms with Gasteiger partial charge in [-0.3, -0.25) is 4.31 Å². The van der Waals surface area contributed by atoms with Crippen LogP contribution in [-0.2, 0) is 16.6 Å². The van der Waals surface area contributed by atoms with Crippen LogP contribution in [0.2, 0.25) is 0 Å². The summed E-state index contributed by atoms with van der Waals surface area (Å²) < 4.78 is 46.7. The second kappa shape index (κ2) is 8.55. The number of nitrogens with zero attached hydrogens (tertiary/aromatic N) is 3. The lowest BCUT2D eigenvalue weighted by Crippen LogP contribution is -2.30. The number of carboxylic acid groups (broad SMARTS) is 1. The van der Waals surface area contributed by atoms with Gasteiger partial charge in [-0.15, -0.1) is 0 Å².